The van der Waals surface area contributed by atoms with E-state index in [1.807, 2.05) is 200 Å². The van der Waals surface area contributed by atoms with Crippen molar-refractivity contribution in [1.29, 1.82) is 0 Å². The number of nitrogens with zero attached hydrogens (tertiary/aromatic N) is 6. The number of para-hydroxylation sites is 3. The number of anilines is 6. The van der Waals surface area contributed by atoms with Gasteiger partial charge in [-0.05, 0) is 137 Å². The Balaban J connectivity index is 0.000000140. The fraction of sp³-hybridized carbons (Fsp3) is 0.205. The Morgan fingerprint density at radius 2 is 0.695 bits per heavy atom. The lowest BCUT2D eigenvalue weighted by molar-refractivity contribution is 0.165. The Bertz CT molecular complexity index is 5080. The van der Waals surface area contributed by atoms with E-state index in [-0.39, 0.29) is 51.2 Å². The molecule has 0 spiro atoms. The molecule has 534 valence electrons. The lowest BCUT2D eigenvalue weighted by Gasteiger charge is -2.20. The second kappa shape index (κ2) is 36.0. The van der Waals surface area contributed by atoms with Crippen molar-refractivity contribution in [2.75, 3.05) is 45.1 Å². The monoisotopic (exact) mass is 1450 g/mol. The highest BCUT2D eigenvalue weighted by molar-refractivity contribution is 8.00. The molecule has 0 radical (unpaired) electrons. The Hall–Kier alpha value is -10.2. The molecule has 0 saturated heterocycles. The van der Waals surface area contributed by atoms with Crippen LogP contribution in [0.15, 0.2) is 272 Å². The van der Waals surface area contributed by atoms with Crippen molar-refractivity contribution in [2.24, 2.45) is 0 Å². The van der Waals surface area contributed by atoms with Gasteiger partial charge in [0.25, 0.3) is 0 Å². The predicted octanol–water partition coefficient (Wildman–Crippen LogP) is 14.8. The zero-order chi connectivity index (χ0) is 72.3. The van der Waals surface area contributed by atoms with Crippen LogP contribution < -0.4 is 31.9 Å². The number of benzene rings is 10. The third-order valence-corrected chi connectivity index (χ3v) is 21.9. The molecule has 22 heteroatoms. The zero-order valence-electron chi connectivity index (χ0n) is 57.5. The van der Waals surface area contributed by atoms with Crippen LogP contribution >= 0.6 is 35.3 Å². The minimum absolute atomic E-state index is 0.00443. The van der Waals surface area contributed by atoms with E-state index in [9.17, 15) is 35.7 Å². The van der Waals surface area contributed by atoms with Gasteiger partial charge in [0, 0.05) is 71.6 Å². The highest BCUT2D eigenvalue weighted by atomic mass is 32.2. The van der Waals surface area contributed by atoms with Crippen LogP contribution in [0.25, 0.3) is 32.7 Å². The number of aliphatic hydroxyl groups excluding tert-OH is 7. The normalized spacial score (nSPS) is 15.2. The van der Waals surface area contributed by atoms with Crippen molar-refractivity contribution in [1.82, 2.24) is 29.9 Å². The van der Waals surface area contributed by atoms with Gasteiger partial charge in [0.2, 0.25) is 17.8 Å². The first-order chi connectivity index (χ1) is 51.6. The van der Waals surface area contributed by atoms with E-state index >= 15 is 0 Å². The van der Waals surface area contributed by atoms with Crippen LogP contribution in [0.2, 0.25) is 0 Å². The summed E-state index contributed by atoms with van der Waals surface area (Å²) in [4.78, 5) is 34.7. The molecule has 0 unspecified atom stereocenters. The third-order valence-electron chi connectivity index (χ3n) is 18.2. The van der Waals surface area contributed by atoms with Gasteiger partial charge in [-0.25, -0.2) is 15.0 Å². The van der Waals surface area contributed by atoms with Crippen LogP contribution in [-0.2, 0) is 45.9 Å². The molecule has 0 bridgehead atoms. The molecule has 13 aromatic rings. The van der Waals surface area contributed by atoms with Crippen LogP contribution in [0.4, 0.5) is 35.3 Å². The lowest BCUT2D eigenvalue weighted by atomic mass is 10.1. The summed E-state index contributed by atoms with van der Waals surface area (Å²) in [5, 5.41) is 92.0. The molecule has 0 amide bonds. The topological polar surface area (TPSA) is 291 Å². The van der Waals surface area contributed by atoms with Crippen LogP contribution in [-0.4, -0.2) is 103 Å². The maximum atomic E-state index is 10.8. The molecule has 0 aliphatic heterocycles. The quantitative estimate of drug-likeness (QED) is 0.0240. The van der Waals surface area contributed by atoms with E-state index in [4.69, 9.17) is 19.9 Å². The number of aliphatic hydroxyl groups is 7. The number of hydrogen-bond acceptors (Lipinski definition) is 22. The van der Waals surface area contributed by atoms with E-state index in [1.165, 1.54) is 0 Å². The fourth-order valence-electron chi connectivity index (χ4n) is 12.6. The molecular formula is C83H82N12O7S3. The first-order valence-electron chi connectivity index (χ1n) is 34.9. The van der Waals surface area contributed by atoms with Gasteiger partial charge in [-0.2, -0.15) is 15.0 Å². The molecule has 3 heterocycles. The molecule has 10 aromatic carbocycles. The highest BCUT2D eigenvalue weighted by Crippen LogP contribution is 2.39. The minimum atomic E-state index is -0.525. The summed E-state index contributed by atoms with van der Waals surface area (Å²) in [6, 6.07) is 79.0. The number of fused-ring (bicyclic) bond motifs is 4. The van der Waals surface area contributed by atoms with Gasteiger partial charge in [-0.15, -0.1) is 0 Å². The Labute approximate surface area is 622 Å². The molecule has 105 heavy (non-hydrogen) atoms. The van der Waals surface area contributed by atoms with Crippen molar-refractivity contribution in [3.05, 3.63) is 287 Å². The summed E-state index contributed by atoms with van der Waals surface area (Å²) in [6.45, 7) is 1.20. The summed E-state index contributed by atoms with van der Waals surface area (Å²) >= 11 is 4.90. The molecule has 3 aromatic heterocycles. The van der Waals surface area contributed by atoms with E-state index in [0.29, 0.717) is 55.5 Å². The fourth-order valence-corrected chi connectivity index (χ4v) is 15.8. The van der Waals surface area contributed by atoms with Gasteiger partial charge >= 0.3 is 0 Å². The Morgan fingerprint density at radius 3 is 1.10 bits per heavy atom. The number of rotatable bonds is 26. The molecule has 4 atom stereocenters. The summed E-state index contributed by atoms with van der Waals surface area (Å²) in [5.74, 6) is 3.50. The maximum Gasteiger partial charge on any atom is 0.225 e. The maximum absolute atomic E-state index is 10.8. The van der Waals surface area contributed by atoms with Gasteiger partial charge < -0.3 is 67.6 Å². The standard InChI is InChI=1S/C31H28N4O2S.C27H28N4O2S.C25H26N4O3S/c36-19-22-11-3-8-16-28(22)38-27-15-7-2-10-21(27)18-32-31-33-25-14-6-5-13-24(25)30(35-31)34-29-23-12-4-1-9-20(23)17-26(29)37;32-17-19-9-2-6-15-25(19)34-24-14-5-1-8-18(24)16-28-27-30-21-11-4-3-10-20(21)26(31-27)29-22-12-7-13-23(22)33;30-14-18-8-2-6-12-23(18)33-22-11-5-1-7-17(22)13-26-25-28-21-10-4-3-9-20(21)24(29-25)27-19(15-31)16-32/h1-16,26,29,36-37H,17-19H2,(H2,32,33,34,35);1-6,8-11,14-15,22-23,32-33H,7,12-13,16-17H2,(H2,28,29,30,31);1-12,19,30-32H,13-16H2,(H2,26,27,28,29)/t26-,29+;22-,23-;/m10./s1. The van der Waals surface area contributed by atoms with Crippen molar-refractivity contribution < 1.29 is 35.7 Å². The van der Waals surface area contributed by atoms with Crippen LogP contribution in [0, 0.1) is 0 Å². The van der Waals surface area contributed by atoms with E-state index in [2.05, 4.69) is 84.3 Å². The highest BCUT2D eigenvalue weighted by Gasteiger charge is 2.32. The van der Waals surface area contributed by atoms with Gasteiger partial charge in [-0.1, -0.05) is 205 Å². The second-order valence-corrected chi connectivity index (χ2v) is 28.5. The predicted molar refractivity (Wildman–Crippen MR) is 421 cm³/mol. The average molecular weight is 1460 g/mol. The van der Waals surface area contributed by atoms with E-state index < -0.39 is 12.1 Å². The average Bonchev–Trinajstić information content (AvgIpc) is 1.78. The Kier molecular flexibility index (Phi) is 25.1. The van der Waals surface area contributed by atoms with Gasteiger partial charge in [-0.3, -0.25) is 0 Å². The van der Waals surface area contributed by atoms with Crippen molar-refractivity contribution in [2.45, 2.75) is 125 Å². The zero-order valence-corrected chi connectivity index (χ0v) is 60.0. The molecule has 1 fully saturated rings. The largest absolute Gasteiger partial charge is 0.394 e. The summed E-state index contributed by atoms with van der Waals surface area (Å²) < 4.78 is 0. The first-order valence-corrected chi connectivity index (χ1v) is 37.4. The second-order valence-electron chi connectivity index (χ2n) is 25.3. The minimum Gasteiger partial charge on any atom is -0.394 e. The molecule has 2 aliphatic rings. The summed E-state index contributed by atoms with van der Waals surface area (Å²) in [5.41, 5.74) is 10.7. The lowest BCUT2D eigenvalue weighted by Crippen LogP contribution is -2.28. The molecule has 19 nitrogen and oxygen atoms in total. The summed E-state index contributed by atoms with van der Waals surface area (Å²) in [7, 11) is 0. The number of nitrogens with one attached hydrogen (secondary N) is 6. The van der Waals surface area contributed by atoms with E-state index in [1.54, 1.807) is 35.3 Å². The molecule has 15 rings (SSSR count). The van der Waals surface area contributed by atoms with Gasteiger partial charge in [0.15, 0.2) is 0 Å². The smallest absolute Gasteiger partial charge is 0.225 e. The molecule has 13 N–H and O–H groups in total. The van der Waals surface area contributed by atoms with Crippen molar-refractivity contribution in [3.63, 3.8) is 0 Å². The van der Waals surface area contributed by atoms with Crippen molar-refractivity contribution >= 4 is 103 Å². The van der Waals surface area contributed by atoms with Crippen LogP contribution in [0.3, 0.4) is 0 Å². The van der Waals surface area contributed by atoms with Gasteiger partial charge in [0.05, 0.1) is 79.9 Å². The summed E-state index contributed by atoms with van der Waals surface area (Å²) in [6.07, 6.45) is 2.51. The van der Waals surface area contributed by atoms with Gasteiger partial charge in [0.1, 0.15) is 17.5 Å². The molecule has 2 aliphatic carbocycles. The number of hydrogen-bond donors (Lipinski definition) is 13. The molecule has 1 saturated carbocycles. The Morgan fingerprint density at radius 1 is 0.352 bits per heavy atom. The SMILES string of the molecule is OCc1ccccc1Sc1ccccc1CNc1nc(NC(CO)CO)c2ccccc2n1.OCc1ccccc1Sc1ccccc1CNc1nc(N[C@H]2CCC[C@@H]2O)c2ccccc2n1.OCc1ccccc1Sc1ccccc1CNc1nc(N[C@H]2c3ccccc3C[C@H]2O)c2ccccc2n1. The van der Waals surface area contributed by atoms with E-state index in [0.717, 1.165) is 132 Å². The number of aromatic nitrogens is 6. The third kappa shape index (κ3) is 18.5. The van der Waals surface area contributed by atoms with Crippen LogP contribution in [0.5, 0.6) is 0 Å². The first kappa shape index (κ1) is 73.1. The van der Waals surface area contributed by atoms with Crippen LogP contribution in [0.1, 0.15) is 69.8 Å². The van der Waals surface area contributed by atoms with Crippen molar-refractivity contribution in [3.8, 4) is 0 Å². The molecular weight excluding hydrogens is 1370 g/mol.